The number of carbonyl (C=O) groups excluding carboxylic acids is 2. The Morgan fingerprint density at radius 2 is 1.71 bits per heavy atom. The topological polar surface area (TPSA) is 95.3 Å². The minimum atomic E-state index is -0.537. The second kappa shape index (κ2) is 9.51. The van der Waals surface area contributed by atoms with Crippen molar-refractivity contribution in [3.63, 3.8) is 0 Å². The highest BCUT2D eigenvalue weighted by Crippen LogP contribution is 2.26. The molecule has 0 spiro atoms. The number of ether oxygens (including phenoxy) is 2. The zero-order valence-corrected chi connectivity index (χ0v) is 19.8. The van der Waals surface area contributed by atoms with Crippen LogP contribution in [0, 0.1) is 0 Å². The molecule has 0 fully saturated rings. The van der Waals surface area contributed by atoms with E-state index in [4.69, 9.17) is 9.47 Å². The maximum Gasteiger partial charge on any atom is 0.407 e. The second-order valence-electron chi connectivity index (χ2n) is 9.08. The SMILES string of the molecule is CC(=O)OCc1nc2cnc3ccccc3c2n1Cc1ccc(CNC(=O)OC(C)(C)C)cc1. The highest BCUT2D eigenvalue weighted by Gasteiger charge is 2.17. The zero-order chi connectivity index (χ0) is 24.3. The van der Waals surface area contributed by atoms with Crippen LogP contribution >= 0.6 is 0 Å². The summed E-state index contributed by atoms with van der Waals surface area (Å²) in [5, 5.41) is 3.76. The molecule has 0 saturated carbocycles. The second-order valence-corrected chi connectivity index (χ2v) is 9.08. The van der Waals surface area contributed by atoms with E-state index in [1.165, 1.54) is 6.92 Å². The Bertz CT molecular complexity index is 1340. The molecule has 0 aliphatic rings. The normalized spacial score (nSPS) is 11.5. The molecule has 1 amide bonds. The van der Waals surface area contributed by atoms with Crippen LogP contribution in [0.4, 0.5) is 4.79 Å². The summed E-state index contributed by atoms with van der Waals surface area (Å²) in [4.78, 5) is 32.5. The summed E-state index contributed by atoms with van der Waals surface area (Å²) in [7, 11) is 0. The van der Waals surface area contributed by atoms with Gasteiger partial charge >= 0.3 is 12.1 Å². The highest BCUT2D eigenvalue weighted by molar-refractivity contribution is 6.02. The summed E-state index contributed by atoms with van der Waals surface area (Å²) in [5.41, 5.74) is 4.04. The molecule has 8 nitrogen and oxygen atoms in total. The van der Waals surface area contributed by atoms with Gasteiger partial charge in [-0.1, -0.05) is 42.5 Å². The molecule has 0 bridgehead atoms. The molecule has 0 atom stereocenters. The van der Waals surface area contributed by atoms with Crippen molar-refractivity contribution in [3.05, 3.63) is 71.7 Å². The predicted molar refractivity (Wildman–Crippen MR) is 129 cm³/mol. The number of alkyl carbamates (subject to hydrolysis) is 1. The summed E-state index contributed by atoms with van der Waals surface area (Å²) >= 11 is 0. The molecule has 0 unspecified atom stereocenters. The van der Waals surface area contributed by atoms with E-state index in [9.17, 15) is 9.59 Å². The number of benzene rings is 2. The zero-order valence-electron chi connectivity index (χ0n) is 19.8. The lowest BCUT2D eigenvalue weighted by Crippen LogP contribution is -2.32. The summed E-state index contributed by atoms with van der Waals surface area (Å²) in [6.45, 7) is 7.87. The van der Waals surface area contributed by atoms with E-state index in [0.29, 0.717) is 18.9 Å². The fraction of sp³-hybridized carbons (Fsp3) is 0.308. The van der Waals surface area contributed by atoms with Crippen LogP contribution in [0.3, 0.4) is 0 Å². The molecule has 2 aromatic carbocycles. The standard InChI is InChI=1S/C26H28N4O4/c1-17(31)33-16-23-29-22-14-27-21-8-6-5-7-20(21)24(22)30(23)15-19-11-9-18(10-12-19)13-28-25(32)34-26(2,3)4/h5-12,14H,13,15-16H2,1-4H3,(H,28,32). The smallest absolute Gasteiger partial charge is 0.407 e. The number of pyridine rings is 1. The number of esters is 1. The molecule has 4 aromatic rings. The van der Waals surface area contributed by atoms with E-state index in [1.54, 1.807) is 6.20 Å². The Hall–Kier alpha value is -3.94. The highest BCUT2D eigenvalue weighted by atomic mass is 16.6. The van der Waals surface area contributed by atoms with Crippen molar-refractivity contribution in [2.24, 2.45) is 0 Å². The molecule has 34 heavy (non-hydrogen) atoms. The summed E-state index contributed by atoms with van der Waals surface area (Å²) in [6.07, 6.45) is 1.30. The van der Waals surface area contributed by atoms with E-state index >= 15 is 0 Å². The minimum absolute atomic E-state index is 0.0796. The number of carbonyl (C=O) groups is 2. The molecular formula is C26H28N4O4. The van der Waals surface area contributed by atoms with Crippen molar-refractivity contribution < 1.29 is 19.1 Å². The quantitative estimate of drug-likeness (QED) is 0.418. The number of fused-ring (bicyclic) bond motifs is 3. The number of hydrogen-bond acceptors (Lipinski definition) is 6. The monoisotopic (exact) mass is 460 g/mol. The van der Waals surface area contributed by atoms with Crippen molar-refractivity contribution in [2.45, 2.75) is 53.0 Å². The number of rotatable bonds is 6. The van der Waals surface area contributed by atoms with Crippen molar-refractivity contribution in [2.75, 3.05) is 0 Å². The molecular weight excluding hydrogens is 432 g/mol. The van der Waals surface area contributed by atoms with Crippen LogP contribution in [0.5, 0.6) is 0 Å². The van der Waals surface area contributed by atoms with Crippen LogP contribution in [0.15, 0.2) is 54.7 Å². The lowest BCUT2D eigenvalue weighted by atomic mass is 10.1. The molecule has 0 aliphatic carbocycles. The number of nitrogens with one attached hydrogen (secondary N) is 1. The third-order valence-electron chi connectivity index (χ3n) is 5.16. The fourth-order valence-electron chi connectivity index (χ4n) is 3.69. The molecule has 0 saturated heterocycles. The summed E-state index contributed by atoms with van der Waals surface area (Å²) < 4.78 is 12.6. The van der Waals surface area contributed by atoms with Gasteiger partial charge in [0.15, 0.2) is 0 Å². The Kier molecular flexibility index (Phi) is 6.49. The lowest BCUT2D eigenvalue weighted by Gasteiger charge is -2.19. The van der Waals surface area contributed by atoms with Crippen LogP contribution < -0.4 is 5.32 Å². The number of aromatic nitrogens is 3. The molecule has 176 valence electrons. The van der Waals surface area contributed by atoms with Crippen molar-refractivity contribution >= 4 is 34.0 Å². The van der Waals surface area contributed by atoms with E-state index in [0.717, 1.165) is 33.1 Å². The molecule has 4 rings (SSSR count). The van der Waals surface area contributed by atoms with Gasteiger partial charge in [0.05, 0.1) is 17.2 Å². The first-order valence-corrected chi connectivity index (χ1v) is 11.1. The maximum absolute atomic E-state index is 11.9. The number of nitrogens with zero attached hydrogens (tertiary/aromatic N) is 3. The van der Waals surface area contributed by atoms with E-state index in [2.05, 4.69) is 19.9 Å². The van der Waals surface area contributed by atoms with Gasteiger partial charge in [0.1, 0.15) is 23.5 Å². The van der Waals surface area contributed by atoms with Gasteiger partial charge in [-0.2, -0.15) is 0 Å². The Morgan fingerprint density at radius 3 is 2.41 bits per heavy atom. The number of para-hydroxylation sites is 1. The maximum atomic E-state index is 11.9. The number of hydrogen-bond donors (Lipinski definition) is 1. The summed E-state index contributed by atoms with van der Waals surface area (Å²) in [6, 6.07) is 15.9. The van der Waals surface area contributed by atoms with Crippen LogP contribution in [-0.2, 0) is 34.0 Å². The third-order valence-corrected chi connectivity index (χ3v) is 5.16. The van der Waals surface area contributed by atoms with E-state index in [-0.39, 0.29) is 12.6 Å². The Morgan fingerprint density at radius 1 is 1.00 bits per heavy atom. The van der Waals surface area contributed by atoms with E-state index < -0.39 is 11.7 Å². The number of amides is 1. The van der Waals surface area contributed by atoms with Crippen molar-refractivity contribution in [1.29, 1.82) is 0 Å². The van der Waals surface area contributed by atoms with Gasteiger partial charge in [0.25, 0.3) is 0 Å². The molecule has 1 N–H and O–H groups in total. The Labute approximate surface area is 197 Å². The van der Waals surface area contributed by atoms with Gasteiger partial charge in [-0.15, -0.1) is 0 Å². The molecule has 2 heterocycles. The molecule has 8 heteroatoms. The van der Waals surface area contributed by atoms with Gasteiger partial charge in [-0.05, 0) is 38.0 Å². The first-order chi connectivity index (χ1) is 16.2. The molecule has 2 aromatic heterocycles. The Balaban J connectivity index is 1.59. The largest absolute Gasteiger partial charge is 0.458 e. The van der Waals surface area contributed by atoms with E-state index in [1.807, 2.05) is 69.3 Å². The van der Waals surface area contributed by atoms with Gasteiger partial charge in [-0.25, -0.2) is 9.78 Å². The van der Waals surface area contributed by atoms with Gasteiger partial charge in [0.2, 0.25) is 0 Å². The van der Waals surface area contributed by atoms with Crippen LogP contribution in [0.1, 0.15) is 44.6 Å². The van der Waals surface area contributed by atoms with Gasteiger partial charge < -0.3 is 19.4 Å². The minimum Gasteiger partial charge on any atom is -0.458 e. The molecule has 0 radical (unpaired) electrons. The molecule has 0 aliphatic heterocycles. The lowest BCUT2D eigenvalue weighted by molar-refractivity contribution is -0.142. The first-order valence-electron chi connectivity index (χ1n) is 11.1. The summed E-state index contributed by atoms with van der Waals surface area (Å²) in [5.74, 6) is 0.294. The van der Waals surface area contributed by atoms with Crippen LogP contribution in [0.2, 0.25) is 0 Å². The first kappa shape index (κ1) is 23.2. The van der Waals surface area contributed by atoms with Crippen molar-refractivity contribution in [1.82, 2.24) is 19.9 Å². The average molecular weight is 461 g/mol. The number of imidazole rings is 1. The fourth-order valence-corrected chi connectivity index (χ4v) is 3.69. The average Bonchev–Trinajstić information content (AvgIpc) is 3.14. The van der Waals surface area contributed by atoms with Crippen LogP contribution in [0.25, 0.3) is 21.9 Å². The van der Waals surface area contributed by atoms with Gasteiger partial charge in [-0.3, -0.25) is 9.78 Å². The van der Waals surface area contributed by atoms with Crippen molar-refractivity contribution in [3.8, 4) is 0 Å². The third kappa shape index (κ3) is 5.51. The van der Waals surface area contributed by atoms with Crippen LogP contribution in [-0.4, -0.2) is 32.2 Å². The predicted octanol–water partition coefficient (Wildman–Crippen LogP) is 4.72. The van der Waals surface area contributed by atoms with Gasteiger partial charge in [0, 0.05) is 25.4 Å².